The van der Waals surface area contributed by atoms with Crippen molar-refractivity contribution in [3.8, 4) is 0 Å². The van der Waals surface area contributed by atoms with Crippen LogP contribution in [0, 0.1) is 5.92 Å². The standard InChI is InChI=1S/C18H24N4O3/c1-11(23)21-9-7-14-13(10-21)17(24)20-16(19-14)15-4-2-3-8-22(15)18(25)12-5-6-12/h12,15H,2-10H2,1H3,(H,19,20,24)/t15-/m0/s1. The number of amides is 2. The van der Waals surface area contributed by atoms with Gasteiger partial charge in [0.25, 0.3) is 5.56 Å². The summed E-state index contributed by atoms with van der Waals surface area (Å²) in [6.45, 7) is 3.18. The van der Waals surface area contributed by atoms with E-state index in [1.165, 1.54) is 6.92 Å². The molecule has 1 atom stereocenters. The molecule has 0 spiro atoms. The average Bonchev–Trinajstić information content (AvgIpc) is 3.46. The number of likely N-dealkylation sites (tertiary alicyclic amines) is 1. The minimum atomic E-state index is -0.171. The van der Waals surface area contributed by atoms with Crippen LogP contribution in [-0.4, -0.2) is 44.7 Å². The fourth-order valence-corrected chi connectivity index (χ4v) is 3.92. The summed E-state index contributed by atoms with van der Waals surface area (Å²) < 4.78 is 0. The minimum absolute atomic E-state index is 0.0254. The van der Waals surface area contributed by atoms with Crippen molar-refractivity contribution in [1.29, 1.82) is 0 Å². The molecule has 1 N–H and O–H groups in total. The third-order valence-corrected chi connectivity index (χ3v) is 5.56. The predicted octanol–water partition coefficient (Wildman–Crippen LogP) is 1.14. The van der Waals surface area contributed by atoms with Gasteiger partial charge in [-0.2, -0.15) is 0 Å². The predicted molar refractivity (Wildman–Crippen MR) is 90.7 cm³/mol. The number of fused-ring (bicyclic) bond motifs is 1. The van der Waals surface area contributed by atoms with Gasteiger partial charge in [-0.05, 0) is 32.1 Å². The van der Waals surface area contributed by atoms with E-state index in [4.69, 9.17) is 4.98 Å². The van der Waals surface area contributed by atoms with Gasteiger partial charge in [0, 0.05) is 32.4 Å². The van der Waals surface area contributed by atoms with E-state index in [-0.39, 0.29) is 29.3 Å². The van der Waals surface area contributed by atoms with Crippen molar-refractivity contribution >= 4 is 11.8 Å². The molecule has 1 aromatic heterocycles. The van der Waals surface area contributed by atoms with Crippen molar-refractivity contribution in [2.75, 3.05) is 13.1 Å². The van der Waals surface area contributed by atoms with E-state index >= 15 is 0 Å². The Hall–Kier alpha value is -2.18. The topological polar surface area (TPSA) is 86.4 Å². The lowest BCUT2D eigenvalue weighted by Gasteiger charge is -2.36. The number of aromatic nitrogens is 2. The molecule has 134 valence electrons. The Morgan fingerprint density at radius 1 is 1.16 bits per heavy atom. The number of piperidine rings is 1. The first-order chi connectivity index (χ1) is 12.0. The van der Waals surface area contributed by atoms with Crippen LogP contribution < -0.4 is 5.56 Å². The molecule has 4 rings (SSSR count). The summed E-state index contributed by atoms with van der Waals surface area (Å²) in [7, 11) is 0. The highest BCUT2D eigenvalue weighted by Crippen LogP contribution is 2.37. The SMILES string of the molecule is CC(=O)N1CCc2nc([C@@H]3CCCCN3C(=O)C3CC3)[nH]c(=O)c2C1. The first-order valence-electron chi connectivity index (χ1n) is 9.22. The van der Waals surface area contributed by atoms with Crippen molar-refractivity contribution in [3.63, 3.8) is 0 Å². The molecule has 2 amide bonds. The van der Waals surface area contributed by atoms with Crippen LogP contribution in [0.5, 0.6) is 0 Å². The fraction of sp³-hybridized carbons (Fsp3) is 0.667. The normalized spacial score (nSPS) is 23.3. The van der Waals surface area contributed by atoms with E-state index < -0.39 is 0 Å². The van der Waals surface area contributed by atoms with Crippen LogP contribution in [0.15, 0.2) is 4.79 Å². The number of nitrogens with zero attached hydrogens (tertiary/aromatic N) is 3. The Morgan fingerprint density at radius 2 is 1.96 bits per heavy atom. The second-order valence-electron chi connectivity index (χ2n) is 7.38. The van der Waals surface area contributed by atoms with Gasteiger partial charge in [-0.1, -0.05) is 0 Å². The Kier molecular flexibility index (Phi) is 4.09. The van der Waals surface area contributed by atoms with Crippen LogP contribution in [0.3, 0.4) is 0 Å². The van der Waals surface area contributed by atoms with Crippen LogP contribution >= 0.6 is 0 Å². The molecule has 7 heteroatoms. The van der Waals surface area contributed by atoms with Crippen molar-refractivity contribution < 1.29 is 9.59 Å². The second kappa shape index (κ2) is 6.28. The number of carbonyl (C=O) groups is 2. The molecule has 3 aliphatic rings. The average molecular weight is 344 g/mol. The van der Waals surface area contributed by atoms with Gasteiger partial charge in [0.05, 0.1) is 23.8 Å². The zero-order valence-electron chi connectivity index (χ0n) is 14.6. The maximum atomic E-state index is 12.6. The summed E-state index contributed by atoms with van der Waals surface area (Å²) in [5.41, 5.74) is 1.19. The summed E-state index contributed by atoms with van der Waals surface area (Å²) in [6.07, 6.45) is 5.46. The summed E-state index contributed by atoms with van der Waals surface area (Å²) >= 11 is 0. The van der Waals surface area contributed by atoms with Gasteiger partial charge in [-0.25, -0.2) is 4.98 Å². The van der Waals surface area contributed by atoms with Gasteiger partial charge < -0.3 is 14.8 Å². The summed E-state index contributed by atoms with van der Waals surface area (Å²) in [5.74, 6) is 0.984. The lowest BCUT2D eigenvalue weighted by molar-refractivity contribution is -0.136. The van der Waals surface area contributed by atoms with Crippen molar-refractivity contribution in [3.05, 3.63) is 27.4 Å². The molecule has 1 saturated carbocycles. The maximum Gasteiger partial charge on any atom is 0.256 e. The van der Waals surface area contributed by atoms with Crippen LogP contribution in [0.1, 0.15) is 62.2 Å². The van der Waals surface area contributed by atoms with E-state index in [0.717, 1.165) is 44.3 Å². The number of hydrogen-bond acceptors (Lipinski definition) is 4. The zero-order valence-corrected chi connectivity index (χ0v) is 14.6. The Balaban J connectivity index is 1.64. The lowest BCUT2D eigenvalue weighted by Crippen LogP contribution is -2.42. The number of H-pyrrole nitrogens is 1. The van der Waals surface area contributed by atoms with Crippen molar-refractivity contribution in [1.82, 2.24) is 19.8 Å². The Morgan fingerprint density at radius 3 is 2.68 bits per heavy atom. The molecular weight excluding hydrogens is 320 g/mol. The fourth-order valence-electron chi connectivity index (χ4n) is 3.92. The molecule has 25 heavy (non-hydrogen) atoms. The molecule has 0 radical (unpaired) electrons. The van der Waals surface area contributed by atoms with Crippen LogP contribution in [0.25, 0.3) is 0 Å². The molecule has 1 saturated heterocycles. The molecule has 0 bridgehead atoms. The van der Waals surface area contributed by atoms with Gasteiger partial charge in [-0.3, -0.25) is 14.4 Å². The first kappa shape index (κ1) is 16.3. The molecule has 7 nitrogen and oxygen atoms in total. The van der Waals surface area contributed by atoms with E-state index in [9.17, 15) is 14.4 Å². The third-order valence-electron chi connectivity index (χ3n) is 5.56. The largest absolute Gasteiger partial charge is 0.338 e. The van der Waals surface area contributed by atoms with Crippen LogP contribution in [0.2, 0.25) is 0 Å². The molecule has 0 aromatic carbocycles. The van der Waals surface area contributed by atoms with E-state index in [0.29, 0.717) is 30.9 Å². The van der Waals surface area contributed by atoms with Crippen molar-refractivity contribution in [2.24, 2.45) is 5.92 Å². The van der Waals surface area contributed by atoms with Crippen LogP contribution in [0.4, 0.5) is 0 Å². The molecule has 1 aliphatic carbocycles. The molecule has 3 heterocycles. The minimum Gasteiger partial charge on any atom is -0.338 e. The summed E-state index contributed by atoms with van der Waals surface area (Å²) in [6, 6.07) is -0.120. The summed E-state index contributed by atoms with van der Waals surface area (Å²) in [5, 5.41) is 0. The monoisotopic (exact) mass is 344 g/mol. The molecule has 1 aromatic rings. The summed E-state index contributed by atoms with van der Waals surface area (Å²) in [4.78, 5) is 48.0. The quantitative estimate of drug-likeness (QED) is 0.872. The van der Waals surface area contributed by atoms with E-state index in [1.807, 2.05) is 4.90 Å². The number of rotatable bonds is 2. The second-order valence-corrected chi connectivity index (χ2v) is 7.38. The Bertz CT molecular complexity index is 768. The highest BCUT2D eigenvalue weighted by molar-refractivity contribution is 5.81. The molecule has 0 unspecified atom stereocenters. The van der Waals surface area contributed by atoms with Gasteiger partial charge in [0.2, 0.25) is 11.8 Å². The van der Waals surface area contributed by atoms with E-state index in [1.54, 1.807) is 4.90 Å². The zero-order chi connectivity index (χ0) is 17.6. The number of hydrogen-bond donors (Lipinski definition) is 1. The first-order valence-corrected chi connectivity index (χ1v) is 9.22. The molecule has 2 fully saturated rings. The highest BCUT2D eigenvalue weighted by Gasteiger charge is 2.38. The Labute approximate surface area is 146 Å². The van der Waals surface area contributed by atoms with Crippen LogP contribution in [-0.2, 0) is 22.6 Å². The number of aromatic amines is 1. The molecular formula is C18H24N4O3. The highest BCUT2D eigenvalue weighted by atomic mass is 16.2. The smallest absolute Gasteiger partial charge is 0.256 e. The number of nitrogens with one attached hydrogen (secondary N) is 1. The van der Waals surface area contributed by atoms with Crippen molar-refractivity contribution in [2.45, 2.75) is 58.0 Å². The van der Waals surface area contributed by atoms with E-state index in [2.05, 4.69) is 4.98 Å². The van der Waals surface area contributed by atoms with Gasteiger partial charge >= 0.3 is 0 Å². The van der Waals surface area contributed by atoms with Gasteiger partial charge in [-0.15, -0.1) is 0 Å². The maximum absolute atomic E-state index is 12.6. The third kappa shape index (κ3) is 3.07. The van der Waals surface area contributed by atoms with Gasteiger partial charge in [0.1, 0.15) is 5.82 Å². The number of carbonyl (C=O) groups excluding carboxylic acids is 2. The van der Waals surface area contributed by atoms with Gasteiger partial charge in [0.15, 0.2) is 0 Å². The lowest BCUT2D eigenvalue weighted by atomic mass is 9.99. The molecule has 2 aliphatic heterocycles.